The summed E-state index contributed by atoms with van der Waals surface area (Å²) in [7, 11) is 1.75. The number of methoxy groups -OCH3 is 1. The Labute approximate surface area is 229 Å². The van der Waals surface area contributed by atoms with Crippen LogP contribution < -0.4 is 4.90 Å². The van der Waals surface area contributed by atoms with E-state index in [0.717, 1.165) is 68.8 Å². The van der Waals surface area contributed by atoms with Crippen LogP contribution in [0.4, 0.5) is 5.82 Å². The first-order valence-electron chi connectivity index (χ1n) is 13.7. The summed E-state index contributed by atoms with van der Waals surface area (Å²) in [6.07, 6.45) is 8.59. The number of likely N-dealkylation sites (tertiary alicyclic amines) is 1. The molecule has 3 aromatic rings. The monoisotopic (exact) mass is 533 g/mol. The van der Waals surface area contributed by atoms with Crippen LogP contribution in [0.5, 0.6) is 0 Å². The number of piperidine rings is 1. The van der Waals surface area contributed by atoms with Crippen molar-refractivity contribution in [2.24, 2.45) is 0 Å². The van der Waals surface area contributed by atoms with Gasteiger partial charge in [0.05, 0.1) is 35.1 Å². The van der Waals surface area contributed by atoms with Crippen molar-refractivity contribution < 1.29 is 9.53 Å². The van der Waals surface area contributed by atoms with Gasteiger partial charge >= 0.3 is 0 Å². The van der Waals surface area contributed by atoms with Gasteiger partial charge < -0.3 is 14.5 Å². The van der Waals surface area contributed by atoms with Gasteiger partial charge in [0.2, 0.25) is 0 Å². The normalized spacial score (nSPS) is 23.1. The first-order chi connectivity index (χ1) is 18.4. The third kappa shape index (κ3) is 4.60. The second kappa shape index (κ2) is 10.0. The molecule has 6 rings (SSSR count). The molecule has 1 atom stereocenters. The molecule has 2 aromatic heterocycles. The van der Waals surface area contributed by atoms with Gasteiger partial charge in [-0.25, -0.2) is 4.98 Å². The van der Waals surface area contributed by atoms with E-state index >= 15 is 0 Å². The Bertz CT molecular complexity index is 1280. The lowest BCUT2D eigenvalue weighted by Crippen LogP contribution is -2.38. The summed E-state index contributed by atoms with van der Waals surface area (Å²) in [4.78, 5) is 22.9. The Hall–Kier alpha value is -2.90. The quantitative estimate of drug-likeness (QED) is 0.415. The Morgan fingerprint density at radius 2 is 1.82 bits per heavy atom. The number of amides is 1. The molecule has 7 nitrogen and oxygen atoms in total. The minimum Gasteiger partial charge on any atom is -0.384 e. The van der Waals surface area contributed by atoms with Crippen molar-refractivity contribution in [3.05, 3.63) is 76.7 Å². The summed E-state index contributed by atoms with van der Waals surface area (Å²) in [5.41, 5.74) is 3.01. The molecule has 0 radical (unpaired) electrons. The molecule has 38 heavy (non-hydrogen) atoms. The number of hydrogen-bond donors (Lipinski definition) is 0. The molecule has 1 aromatic carbocycles. The number of carbonyl (C=O) groups excluding carboxylic acids is 1. The molecule has 1 unspecified atom stereocenters. The SMILES string of the molecule is COCC1(c2ccccc2)CCN(C(=O)c2cnn(C3CCN(c4ccc(Cl)cn4)CC3)c2C2(C)CC2)C1. The molecule has 1 amide bonds. The van der Waals surface area contributed by atoms with E-state index in [1.54, 1.807) is 13.3 Å². The van der Waals surface area contributed by atoms with Gasteiger partial charge in [0.15, 0.2) is 0 Å². The molecule has 1 aliphatic carbocycles. The van der Waals surface area contributed by atoms with E-state index in [1.165, 1.54) is 5.56 Å². The maximum atomic E-state index is 14.0. The van der Waals surface area contributed by atoms with Crippen molar-refractivity contribution in [2.45, 2.75) is 55.9 Å². The number of halogens is 1. The van der Waals surface area contributed by atoms with Crippen LogP contribution in [0.3, 0.4) is 0 Å². The second-order valence-electron chi connectivity index (χ2n) is 11.5. The zero-order valence-corrected chi connectivity index (χ0v) is 23.0. The number of anilines is 1. The molecule has 1 saturated carbocycles. The molecular weight excluding hydrogens is 498 g/mol. The minimum absolute atomic E-state index is 0.0269. The second-order valence-corrected chi connectivity index (χ2v) is 12.0. The van der Waals surface area contributed by atoms with Gasteiger partial charge in [-0.1, -0.05) is 48.9 Å². The lowest BCUT2D eigenvalue weighted by atomic mass is 9.80. The van der Waals surface area contributed by atoms with Crippen molar-refractivity contribution in [3.63, 3.8) is 0 Å². The van der Waals surface area contributed by atoms with Gasteiger partial charge in [-0.3, -0.25) is 9.48 Å². The molecule has 2 saturated heterocycles. The molecule has 4 heterocycles. The van der Waals surface area contributed by atoms with E-state index in [-0.39, 0.29) is 22.8 Å². The molecule has 0 N–H and O–H groups in total. The fourth-order valence-corrected chi connectivity index (χ4v) is 6.55. The van der Waals surface area contributed by atoms with Gasteiger partial charge in [0.25, 0.3) is 5.91 Å². The van der Waals surface area contributed by atoms with E-state index in [0.29, 0.717) is 18.2 Å². The van der Waals surface area contributed by atoms with Gasteiger partial charge in [-0.2, -0.15) is 5.10 Å². The van der Waals surface area contributed by atoms with E-state index in [9.17, 15) is 4.79 Å². The van der Waals surface area contributed by atoms with Gasteiger partial charge in [-0.05, 0) is 49.8 Å². The molecule has 3 fully saturated rings. The Morgan fingerprint density at radius 1 is 1.05 bits per heavy atom. The number of ether oxygens (including phenoxy) is 1. The lowest BCUT2D eigenvalue weighted by molar-refractivity contribution is 0.0759. The molecule has 200 valence electrons. The number of nitrogens with zero attached hydrogens (tertiary/aromatic N) is 5. The summed E-state index contributed by atoms with van der Waals surface area (Å²) in [5, 5.41) is 5.53. The van der Waals surface area contributed by atoms with Crippen molar-refractivity contribution >= 4 is 23.3 Å². The topological polar surface area (TPSA) is 63.5 Å². The largest absolute Gasteiger partial charge is 0.384 e. The summed E-state index contributed by atoms with van der Waals surface area (Å²) in [5.74, 6) is 1.07. The number of aromatic nitrogens is 3. The maximum absolute atomic E-state index is 14.0. The van der Waals surface area contributed by atoms with Gasteiger partial charge in [-0.15, -0.1) is 0 Å². The van der Waals surface area contributed by atoms with E-state index in [2.05, 4.69) is 45.8 Å². The summed E-state index contributed by atoms with van der Waals surface area (Å²) in [6, 6.07) is 14.7. The number of carbonyl (C=O) groups is 1. The van der Waals surface area contributed by atoms with Crippen molar-refractivity contribution in [1.82, 2.24) is 19.7 Å². The van der Waals surface area contributed by atoms with Gasteiger partial charge in [0.1, 0.15) is 5.82 Å². The number of benzene rings is 1. The average Bonchev–Trinajstić information content (AvgIpc) is 3.34. The molecule has 2 aliphatic heterocycles. The molecular formula is C30H36ClN5O2. The van der Waals surface area contributed by atoms with E-state index in [4.69, 9.17) is 21.4 Å². The van der Waals surface area contributed by atoms with Crippen LogP contribution in [0.25, 0.3) is 0 Å². The summed E-state index contributed by atoms with van der Waals surface area (Å²) >= 11 is 6.03. The maximum Gasteiger partial charge on any atom is 0.257 e. The predicted molar refractivity (Wildman–Crippen MR) is 149 cm³/mol. The highest BCUT2D eigenvalue weighted by molar-refractivity contribution is 6.30. The Kier molecular flexibility index (Phi) is 6.68. The summed E-state index contributed by atoms with van der Waals surface area (Å²) < 4.78 is 7.86. The third-order valence-corrected chi connectivity index (χ3v) is 9.12. The number of pyridine rings is 1. The van der Waals surface area contributed by atoms with Crippen molar-refractivity contribution in [1.29, 1.82) is 0 Å². The highest BCUT2D eigenvalue weighted by Gasteiger charge is 2.48. The van der Waals surface area contributed by atoms with E-state index < -0.39 is 0 Å². The summed E-state index contributed by atoms with van der Waals surface area (Å²) in [6.45, 7) is 6.09. The van der Waals surface area contributed by atoms with Crippen LogP contribution >= 0.6 is 11.6 Å². The van der Waals surface area contributed by atoms with E-state index in [1.807, 2.05) is 29.3 Å². The van der Waals surface area contributed by atoms with Crippen LogP contribution in [0, 0.1) is 0 Å². The molecule has 8 heteroatoms. The number of rotatable bonds is 7. The molecule has 3 aliphatic rings. The zero-order chi connectivity index (χ0) is 26.3. The fourth-order valence-electron chi connectivity index (χ4n) is 6.44. The van der Waals surface area contributed by atoms with Crippen LogP contribution in [-0.2, 0) is 15.6 Å². The first kappa shape index (κ1) is 25.4. The lowest BCUT2D eigenvalue weighted by Gasteiger charge is -2.34. The third-order valence-electron chi connectivity index (χ3n) is 8.89. The smallest absolute Gasteiger partial charge is 0.257 e. The van der Waals surface area contributed by atoms with Crippen LogP contribution in [0.15, 0.2) is 54.9 Å². The Balaban J connectivity index is 1.22. The first-order valence-corrected chi connectivity index (χ1v) is 14.1. The van der Waals surface area contributed by atoms with Crippen molar-refractivity contribution in [3.8, 4) is 0 Å². The Morgan fingerprint density at radius 3 is 2.47 bits per heavy atom. The molecule has 0 bridgehead atoms. The van der Waals surface area contributed by atoms with Gasteiger partial charge in [0, 0.05) is 50.3 Å². The van der Waals surface area contributed by atoms with Crippen molar-refractivity contribution in [2.75, 3.05) is 44.8 Å². The zero-order valence-electron chi connectivity index (χ0n) is 22.3. The highest BCUT2D eigenvalue weighted by atomic mass is 35.5. The minimum atomic E-state index is -0.173. The van der Waals surface area contributed by atoms with Crippen LogP contribution in [0.2, 0.25) is 5.02 Å². The molecule has 0 spiro atoms. The highest BCUT2D eigenvalue weighted by Crippen LogP contribution is 2.50. The number of hydrogen-bond acceptors (Lipinski definition) is 5. The average molecular weight is 534 g/mol. The fraction of sp³-hybridized carbons (Fsp3) is 0.500. The predicted octanol–water partition coefficient (Wildman–Crippen LogP) is 5.25. The standard InChI is InChI=1S/C30H36ClN5O2/c1-29(12-13-29)27-25(28(37)35-17-14-30(20-35,21-38-2)22-6-4-3-5-7-22)19-33-36(27)24-10-15-34(16-11-24)26-9-8-23(31)18-32-26/h3-9,18-19,24H,10-17,20-21H2,1-2H3. The van der Waals surface area contributed by atoms with Crippen LogP contribution in [-0.4, -0.2) is 65.5 Å². The van der Waals surface area contributed by atoms with Crippen LogP contribution in [0.1, 0.15) is 66.7 Å².